The van der Waals surface area contributed by atoms with Gasteiger partial charge >= 0.3 is 0 Å². The van der Waals surface area contributed by atoms with Crippen LogP contribution in [-0.2, 0) is 29.7 Å². The van der Waals surface area contributed by atoms with E-state index in [-0.39, 0.29) is 44.8 Å². The van der Waals surface area contributed by atoms with Crippen molar-refractivity contribution in [2.24, 2.45) is 21.9 Å². The van der Waals surface area contributed by atoms with Crippen LogP contribution in [0.2, 0.25) is 0 Å². The van der Waals surface area contributed by atoms with Crippen LogP contribution in [0.15, 0.2) is 83.0 Å². The first kappa shape index (κ1) is 36.7. The van der Waals surface area contributed by atoms with Crippen LogP contribution in [0.5, 0.6) is 0 Å². The Hall–Kier alpha value is -5.10. The molecule has 2 aliphatic rings. The molecule has 2 aliphatic carbocycles. The van der Waals surface area contributed by atoms with Crippen LogP contribution in [0.4, 0.5) is 0 Å². The maximum atomic E-state index is 13.6. The lowest BCUT2D eigenvalue weighted by Gasteiger charge is -2.43. The van der Waals surface area contributed by atoms with Crippen molar-refractivity contribution in [3.63, 3.8) is 0 Å². The first-order chi connectivity index (χ1) is 24.3. The second-order valence-corrected chi connectivity index (χ2v) is 16.3. The molecule has 0 fully saturated rings. The standard InChI is InChI=1S/C36H36N6O8S2/c1-17-13-21(14-18(2)27(17)35(51(45,46)47)25-11-7-5-9-23(25)29(37)31(41-39)33(35)43)22-15-19(3)28(20(4)16-22)36(52(48,49)50)26-12-8-6-10-24(26)30(38)32(42-40)34(36)44/h5-16,33-34,37-38,43-44H,39-40H2,1-4H3,(H,45,46,47)(H,48,49,50)/b37-29?,38-30?,41-31-,42-32+. The summed E-state index contributed by atoms with van der Waals surface area (Å²) in [6.45, 7) is 6.42. The van der Waals surface area contributed by atoms with E-state index >= 15 is 0 Å². The quantitative estimate of drug-likeness (QED) is 0.0840. The van der Waals surface area contributed by atoms with Gasteiger partial charge in [-0.05, 0) is 83.3 Å². The van der Waals surface area contributed by atoms with Gasteiger partial charge in [0.15, 0.2) is 9.49 Å². The Bertz CT molecular complexity index is 2310. The predicted octanol–water partition coefficient (Wildman–Crippen LogP) is 2.96. The highest BCUT2D eigenvalue weighted by atomic mass is 32.2. The van der Waals surface area contributed by atoms with Crippen LogP contribution in [0.3, 0.4) is 0 Å². The number of hydrogen-bond acceptors (Lipinski definition) is 12. The second-order valence-electron chi connectivity index (χ2n) is 13.1. The molecule has 6 rings (SSSR count). The molecule has 14 nitrogen and oxygen atoms in total. The lowest BCUT2D eigenvalue weighted by atomic mass is 9.71. The van der Waals surface area contributed by atoms with Crippen molar-refractivity contribution in [2.45, 2.75) is 49.4 Å². The minimum absolute atomic E-state index is 0.0345. The van der Waals surface area contributed by atoms with Gasteiger partial charge in [0, 0.05) is 11.1 Å². The highest BCUT2D eigenvalue weighted by Crippen LogP contribution is 2.51. The molecule has 4 unspecified atom stereocenters. The lowest BCUT2D eigenvalue weighted by Crippen LogP contribution is -2.57. The van der Waals surface area contributed by atoms with Gasteiger partial charge in [0.25, 0.3) is 20.2 Å². The largest absolute Gasteiger partial charge is 0.384 e. The Labute approximate surface area is 300 Å². The number of fused-ring (bicyclic) bond motifs is 2. The van der Waals surface area contributed by atoms with Gasteiger partial charge in [-0.15, -0.1) is 0 Å². The average Bonchev–Trinajstić information content (AvgIpc) is 3.06. The van der Waals surface area contributed by atoms with E-state index in [1.807, 2.05) is 0 Å². The van der Waals surface area contributed by atoms with E-state index in [1.54, 1.807) is 64.1 Å². The van der Waals surface area contributed by atoms with Crippen LogP contribution in [-0.4, -0.2) is 71.2 Å². The molecule has 0 saturated heterocycles. The van der Waals surface area contributed by atoms with Crippen molar-refractivity contribution in [2.75, 3.05) is 0 Å². The minimum Gasteiger partial charge on any atom is -0.384 e. The van der Waals surface area contributed by atoms with E-state index in [9.17, 15) is 36.2 Å². The van der Waals surface area contributed by atoms with Crippen molar-refractivity contribution >= 4 is 43.1 Å². The monoisotopic (exact) mass is 744 g/mol. The van der Waals surface area contributed by atoms with E-state index in [0.717, 1.165) is 0 Å². The molecule has 0 aliphatic heterocycles. The first-order valence-electron chi connectivity index (χ1n) is 15.8. The van der Waals surface area contributed by atoms with E-state index < -0.39 is 53.4 Å². The SMILES string of the molecule is Cc1cc(-c2cc(C)c(C3(S(=O)(=O)O)c4ccccc4C(=N)/C(=N\N)C3O)c(C)c2)cc(C)c1C1(S(=O)(=O)O)c2ccccc2C(=N)/C(=N/N)C1O. The van der Waals surface area contributed by atoms with Crippen molar-refractivity contribution < 1.29 is 36.2 Å². The number of hydrazone groups is 2. The molecule has 0 heterocycles. The van der Waals surface area contributed by atoms with Crippen LogP contribution >= 0.6 is 0 Å². The van der Waals surface area contributed by atoms with Crippen molar-refractivity contribution in [3.05, 3.63) is 128 Å². The van der Waals surface area contributed by atoms with Gasteiger partial charge in [-0.1, -0.05) is 72.8 Å². The Kier molecular flexibility index (Phi) is 8.64. The van der Waals surface area contributed by atoms with E-state index in [2.05, 4.69) is 10.2 Å². The highest BCUT2D eigenvalue weighted by Gasteiger charge is 2.61. The van der Waals surface area contributed by atoms with Crippen LogP contribution in [0.1, 0.15) is 55.6 Å². The Balaban J connectivity index is 1.61. The summed E-state index contributed by atoms with van der Waals surface area (Å²) in [7, 11) is -10.4. The molecule has 4 atom stereocenters. The molecule has 0 amide bonds. The third kappa shape index (κ3) is 4.76. The number of hydrogen-bond donors (Lipinski definition) is 8. The molecule has 0 spiro atoms. The number of benzene rings is 4. The number of nitrogens with two attached hydrogens (primary N) is 2. The number of aryl methyl sites for hydroxylation is 4. The molecular weight excluding hydrogens is 709 g/mol. The molecular formula is C36H36N6O8S2. The molecule has 0 bridgehead atoms. The van der Waals surface area contributed by atoms with Gasteiger partial charge in [0.05, 0.1) is 11.4 Å². The molecule has 0 radical (unpaired) electrons. The molecule has 16 heteroatoms. The zero-order valence-corrected chi connectivity index (χ0v) is 30.0. The van der Waals surface area contributed by atoms with Crippen LogP contribution < -0.4 is 11.7 Å². The summed E-state index contributed by atoms with van der Waals surface area (Å²) in [6.07, 6.45) is -4.13. The fraction of sp³-hybridized carbons (Fsp3) is 0.222. The summed E-state index contributed by atoms with van der Waals surface area (Å²) in [5.41, 5.74) is 1.19. The van der Waals surface area contributed by atoms with Gasteiger partial charge in [0.2, 0.25) is 0 Å². The molecule has 4 aromatic carbocycles. The first-order valence-corrected chi connectivity index (χ1v) is 18.7. The van der Waals surface area contributed by atoms with E-state index in [4.69, 9.17) is 22.5 Å². The zero-order valence-electron chi connectivity index (χ0n) is 28.4. The zero-order chi connectivity index (χ0) is 38.3. The highest BCUT2D eigenvalue weighted by molar-refractivity contribution is 7.87. The smallest absolute Gasteiger partial charge is 0.282 e. The maximum Gasteiger partial charge on any atom is 0.282 e. The van der Waals surface area contributed by atoms with Crippen molar-refractivity contribution in [1.29, 1.82) is 10.8 Å². The maximum absolute atomic E-state index is 13.6. The molecule has 4 aromatic rings. The van der Waals surface area contributed by atoms with Gasteiger partial charge < -0.3 is 21.9 Å². The van der Waals surface area contributed by atoms with E-state index in [0.29, 0.717) is 33.4 Å². The number of nitrogens with one attached hydrogen (secondary N) is 2. The molecule has 270 valence electrons. The third-order valence-electron chi connectivity index (χ3n) is 10.2. The summed E-state index contributed by atoms with van der Waals surface area (Å²) >= 11 is 0. The fourth-order valence-electron chi connectivity index (χ4n) is 8.34. The summed E-state index contributed by atoms with van der Waals surface area (Å²) < 4.78 is 71.3. The van der Waals surface area contributed by atoms with Crippen LogP contribution in [0, 0.1) is 38.5 Å². The summed E-state index contributed by atoms with van der Waals surface area (Å²) in [6, 6.07) is 18.6. The van der Waals surface area contributed by atoms with Gasteiger partial charge in [-0.25, -0.2) is 0 Å². The third-order valence-corrected chi connectivity index (χ3v) is 13.1. The van der Waals surface area contributed by atoms with Gasteiger partial charge in [0.1, 0.15) is 23.6 Å². The number of aliphatic hydroxyl groups excluding tert-OH is 2. The van der Waals surface area contributed by atoms with Crippen molar-refractivity contribution in [3.8, 4) is 11.1 Å². The lowest BCUT2D eigenvalue weighted by molar-refractivity contribution is 0.195. The molecule has 10 N–H and O–H groups in total. The Morgan fingerprint density at radius 2 is 0.885 bits per heavy atom. The van der Waals surface area contributed by atoms with Crippen LogP contribution in [0.25, 0.3) is 11.1 Å². The molecule has 52 heavy (non-hydrogen) atoms. The summed E-state index contributed by atoms with van der Waals surface area (Å²) in [4.78, 5) is 0. The number of rotatable bonds is 5. The predicted molar refractivity (Wildman–Crippen MR) is 197 cm³/mol. The van der Waals surface area contributed by atoms with Gasteiger partial charge in [-0.3, -0.25) is 19.9 Å². The summed E-state index contributed by atoms with van der Waals surface area (Å²) in [5, 5.41) is 47.6. The van der Waals surface area contributed by atoms with E-state index in [1.165, 1.54) is 36.4 Å². The number of nitrogens with zero attached hydrogens (tertiary/aromatic N) is 2. The topological polar surface area (TPSA) is 274 Å². The number of aliphatic hydroxyl groups is 2. The molecule has 0 aromatic heterocycles. The second kappa shape index (κ2) is 12.3. The average molecular weight is 745 g/mol. The minimum atomic E-state index is -5.21. The Morgan fingerprint density at radius 3 is 1.15 bits per heavy atom. The van der Waals surface area contributed by atoms with Crippen molar-refractivity contribution in [1.82, 2.24) is 0 Å². The normalized spacial score (nSPS) is 24.9. The summed E-state index contributed by atoms with van der Waals surface area (Å²) in [5.74, 6) is 11.1. The molecule has 0 saturated carbocycles. The fourth-order valence-corrected chi connectivity index (χ4v) is 11.2. The Morgan fingerprint density at radius 1 is 0.596 bits per heavy atom. The van der Waals surface area contributed by atoms with Gasteiger partial charge in [-0.2, -0.15) is 27.0 Å².